The van der Waals surface area contributed by atoms with Crippen LogP contribution in [0.2, 0.25) is 0 Å². The number of ether oxygens (including phenoxy) is 1. The Morgan fingerprint density at radius 3 is 2.76 bits per heavy atom. The molecule has 3 rings (SSSR count). The summed E-state index contributed by atoms with van der Waals surface area (Å²) in [6, 6.07) is 11.9. The van der Waals surface area contributed by atoms with Crippen LogP contribution in [0.25, 0.3) is 0 Å². The third kappa shape index (κ3) is 3.46. The molecular weight excluding hydrogens is 262 g/mol. The van der Waals surface area contributed by atoms with E-state index in [0.29, 0.717) is 18.0 Å². The molecule has 21 heavy (non-hydrogen) atoms. The largest absolute Gasteiger partial charge is 0.379 e. The minimum atomic E-state index is 0.501. The third-order valence-corrected chi connectivity index (χ3v) is 4.92. The zero-order chi connectivity index (χ0) is 14.7. The van der Waals surface area contributed by atoms with Crippen LogP contribution in [-0.2, 0) is 4.74 Å². The Kier molecular flexibility index (Phi) is 4.91. The zero-order valence-electron chi connectivity index (χ0n) is 13.2. The van der Waals surface area contributed by atoms with Crippen molar-refractivity contribution in [3.63, 3.8) is 0 Å². The van der Waals surface area contributed by atoms with Gasteiger partial charge in [-0.3, -0.25) is 4.90 Å². The lowest BCUT2D eigenvalue weighted by atomic mass is 9.98. The average Bonchev–Trinajstić information content (AvgIpc) is 2.97. The molecule has 4 heteroatoms. The number of rotatable bonds is 4. The molecule has 0 saturated carbocycles. The van der Waals surface area contributed by atoms with Crippen molar-refractivity contribution in [2.24, 2.45) is 5.92 Å². The van der Waals surface area contributed by atoms with Gasteiger partial charge in [0.05, 0.1) is 13.2 Å². The van der Waals surface area contributed by atoms with Crippen LogP contribution in [-0.4, -0.2) is 69.3 Å². The Bertz CT molecular complexity index is 439. The van der Waals surface area contributed by atoms with Gasteiger partial charge in [-0.05, 0) is 19.7 Å². The summed E-state index contributed by atoms with van der Waals surface area (Å²) in [6.45, 7) is 6.27. The summed E-state index contributed by atoms with van der Waals surface area (Å²) in [6.07, 6.45) is 0. The molecule has 0 aliphatic carbocycles. The highest BCUT2D eigenvalue weighted by Crippen LogP contribution is 2.27. The van der Waals surface area contributed by atoms with Crippen molar-refractivity contribution in [3.05, 3.63) is 35.9 Å². The van der Waals surface area contributed by atoms with E-state index in [1.165, 1.54) is 5.56 Å². The van der Waals surface area contributed by atoms with Gasteiger partial charge in [-0.2, -0.15) is 0 Å². The molecule has 2 heterocycles. The lowest BCUT2D eigenvalue weighted by Crippen LogP contribution is -2.50. The lowest BCUT2D eigenvalue weighted by molar-refractivity contribution is 0.0694. The molecule has 1 N–H and O–H groups in total. The SMILES string of the molecule is CNC1COCC1CN1CCN(C)CC1c1ccccc1. The number of nitrogens with zero attached hydrogens (tertiary/aromatic N) is 2. The van der Waals surface area contributed by atoms with Crippen molar-refractivity contribution in [2.45, 2.75) is 12.1 Å². The first-order chi connectivity index (χ1) is 10.3. The van der Waals surface area contributed by atoms with Crippen molar-refractivity contribution >= 4 is 0 Å². The van der Waals surface area contributed by atoms with E-state index in [0.717, 1.165) is 39.4 Å². The van der Waals surface area contributed by atoms with E-state index >= 15 is 0 Å². The van der Waals surface area contributed by atoms with Gasteiger partial charge in [-0.15, -0.1) is 0 Å². The number of benzene rings is 1. The highest BCUT2D eigenvalue weighted by Gasteiger charge is 2.33. The Balaban J connectivity index is 1.72. The van der Waals surface area contributed by atoms with E-state index in [4.69, 9.17) is 4.74 Å². The minimum absolute atomic E-state index is 0.501. The molecule has 1 aromatic rings. The van der Waals surface area contributed by atoms with E-state index in [-0.39, 0.29) is 0 Å². The summed E-state index contributed by atoms with van der Waals surface area (Å²) in [7, 11) is 4.27. The van der Waals surface area contributed by atoms with Crippen molar-refractivity contribution in [3.8, 4) is 0 Å². The number of hydrogen-bond acceptors (Lipinski definition) is 4. The van der Waals surface area contributed by atoms with Gasteiger partial charge < -0.3 is 15.0 Å². The van der Waals surface area contributed by atoms with Crippen molar-refractivity contribution in [1.82, 2.24) is 15.1 Å². The molecule has 0 bridgehead atoms. The second-order valence-corrected chi connectivity index (χ2v) is 6.38. The van der Waals surface area contributed by atoms with Crippen LogP contribution in [0.4, 0.5) is 0 Å². The predicted octanol–water partition coefficient (Wildman–Crippen LogP) is 1.21. The maximum absolute atomic E-state index is 5.66. The summed E-state index contributed by atoms with van der Waals surface area (Å²) in [5.41, 5.74) is 1.43. The van der Waals surface area contributed by atoms with E-state index in [1.54, 1.807) is 0 Å². The van der Waals surface area contributed by atoms with E-state index < -0.39 is 0 Å². The van der Waals surface area contributed by atoms with Crippen LogP contribution in [0.5, 0.6) is 0 Å². The first kappa shape index (κ1) is 15.0. The topological polar surface area (TPSA) is 27.7 Å². The van der Waals surface area contributed by atoms with E-state index in [2.05, 4.69) is 52.5 Å². The standard InChI is InChI=1S/C17H27N3O/c1-18-16-13-21-12-15(16)10-20-9-8-19(2)11-17(20)14-6-4-3-5-7-14/h3-7,15-18H,8-13H2,1-2H3. The zero-order valence-corrected chi connectivity index (χ0v) is 13.2. The molecule has 116 valence electrons. The smallest absolute Gasteiger partial charge is 0.0623 e. The molecule has 4 nitrogen and oxygen atoms in total. The third-order valence-electron chi connectivity index (χ3n) is 4.92. The van der Waals surface area contributed by atoms with E-state index in [1.807, 2.05) is 7.05 Å². The fourth-order valence-corrected chi connectivity index (χ4v) is 3.57. The minimum Gasteiger partial charge on any atom is -0.379 e. The van der Waals surface area contributed by atoms with E-state index in [9.17, 15) is 0 Å². The Morgan fingerprint density at radius 2 is 2.00 bits per heavy atom. The van der Waals surface area contributed by atoms with Gasteiger partial charge in [0.2, 0.25) is 0 Å². The normalized spacial score (nSPS) is 31.6. The molecule has 2 fully saturated rings. The maximum Gasteiger partial charge on any atom is 0.0623 e. The monoisotopic (exact) mass is 289 g/mol. The summed E-state index contributed by atoms with van der Waals surface area (Å²) < 4.78 is 5.66. The molecular formula is C17H27N3O. The lowest BCUT2D eigenvalue weighted by Gasteiger charge is -2.42. The van der Waals surface area contributed by atoms with Crippen molar-refractivity contribution in [1.29, 1.82) is 0 Å². The maximum atomic E-state index is 5.66. The average molecular weight is 289 g/mol. The molecule has 0 amide bonds. The van der Waals surface area contributed by atoms with Crippen LogP contribution in [0.1, 0.15) is 11.6 Å². The quantitative estimate of drug-likeness (QED) is 0.902. The molecule has 3 atom stereocenters. The summed E-state index contributed by atoms with van der Waals surface area (Å²) >= 11 is 0. The van der Waals surface area contributed by atoms with Crippen molar-refractivity contribution < 1.29 is 4.74 Å². The Labute approximate surface area is 128 Å². The predicted molar refractivity (Wildman–Crippen MR) is 85.4 cm³/mol. The van der Waals surface area contributed by atoms with Gasteiger partial charge in [0.15, 0.2) is 0 Å². The second-order valence-electron chi connectivity index (χ2n) is 6.38. The van der Waals surface area contributed by atoms with Gasteiger partial charge in [0.1, 0.15) is 0 Å². The molecule has 0 aromatic heterocycles. The number of likely N-dealkylation sites (N-methyl/N-ethyl adjacent to an activating group) is 2. The molecule has 2 aliphatic rings. The van der Waals surface area contributed by atoms with Gasteiger partial charge in [-0.1, -0.05) is 30.3 Å². The highest BCUT2D eigenvalue weighted by molar-refractivity contribution is 5.20. The summed E-state index contributed by atoms with van der Waals surface area (Å²) in [4.78, 5) is 5.09. The summed E-state index contributed by atoms with van der Waals surface area (Å²) in [5.74, 6) is 0.601. The fraction of sp³-hybridized carbons (Fsp3) is 0.647. The molecule has 0 radical (unpaired) electrons. The van der Waals surface area contributed by atoms with Crippen LogP contribution >= 0.6 is 0 Å². The number of piperazine rings is 1. The Hall–Kier alpha value is -0.940. The van der Waals surface area contributed by atoms with Crippen molar-refractivity contribution in [2.75, 3.05) is 53.5 Å². The van der Waals surface area contributed by atoms with Crippen LogP contribution < -0.4 is 5.32 Å². The van der Waals surface area contributed by atoms with Crippen LogP contribution in [0.15, 0.2) is 30.3 Å². The number of nitrogens with one attached hydrogen (secondary N) is 1. The summed E-state index contributed by atoms with van der Waals surface area (Å²) in [5, 5.41) is 3.40. The second kappa shape index (κ2) is 6.88. The fourth-order valence-electron chi connectivity index (χ4n) is 3.57. The van der Waals surface area contributed by atoms with Crippen LogP contribution in [0.3, 0.4) is 0 Å². The van der Waals surface area contributed by atoms with Gasteiger partial charge >= 0.3 is 0 Å². The first-order valence-corrected chi connectivity index (χ1v) is 8.00. The molecule has 2 aliphatic heterocycles. The molecule has 1 aromatic carbocycles. The van der Waals surface area contributed by atoms with Gasteiger partial charge in [-0.25, -0.2) is 0 Å². The number of hydrogen-bond donors (Lipinski definition) is 1. The first-order valence-electron chi connectivity index (χ1n) is 8.00. The van der Waals surface area contributed by atoms with Gasteiger partial charge in [0, 0.05) is 44.2 Å². The molecule has 2 saturated heterocycles. The highest BCUT2D eigenvalue weighted by atomic mass is 16.5. The molecule has 3 unspecified atom stereocenters. The Morgan fingerprint density at radius 1 is 1.19 bits per heavy atom. The van der Waals surface area contributed by atoms with Crippen LogP contribution in [0, 0.1) is 5.92 Å². The van der Waals surface area contributed by atoms with Gasteiger partial charge in [0.25, 0.3) is 0 Å². The molecule has 0 spiro atoms.